The fourth-order valence-electron chi connectivity index (χ4n) is 4.19. The molecule has 4 rings (SSSR count). The normalized spacial score (nSPS) is 10.5. The van der Waals surface area contributed by atoms with Crippen molar-refractivity contribution in [3.63, 3.8) is 0 Å². The second kappa shape index (κ2) is 22.8. The summed E-state index contributed by atoms with van der Waals surface area (Å²) in [6.07, 6.45) is -0.164. The Kier molecular flexibility index (Phi) is 18.8. The largest absolute Gasteiger partial charge is 0.508 e. The Hall–Kier alpha value is -4.73. The smallest absolute Gasteiger partial charge is 0.496 e. The van der Waals surface area contributed by atoms with Crippen molar-refractivity contribution in [3.05, 3.63) is 112 Å². The van der Waals surface area contributed by atoms with Gasteiger partial charge in [0.25, 0.3) is 0 Å². The average molecular weight is 714 g/mol. The number of hydrogen-bond donors (Lipinski definition) is 0. The molecule has 0 radical (unpaired) electrons. The van der Waals surface area contributed by atoms with E-state index in [-0.39, 0.29) is 13.0 Å². The van der Waals surface area contributed by atoms with Crippen molar-refractivity contribution in [2.75, 3.05) is 27.9 Å². The second-order valence-electron chi connectivity index (χ2n) is 9.85. The first-order valence-corrected chi connectivity index (χ1v) is 16.3. The van der Waals surface area contributed by atoms with Gasteiger partial charge >= 0.3 is 12.1 Å². The number of methoxy groups -OCH3 is 3. The maximum absolute atomic E-state index is 12.9. The fourth-order valence-corrected chi connectivity index (χ4v) is 4.67. The van der Waals surface area contributed by atoms with E-state index in [9.17, 15) is 14.4 Å². The Labute approximate surface area is 297 Å². The molecule has 0 heterocycles. The summed E-state index contributed by atoms with van der Waals surface area (Å²) >= 11 is 11.4. The monoisotopic (exact) mass is 712 g/mol. The number of benzene rings is 4. The van der Waals surface area contributed by atoms with Crippen LogP contribution in [0.15, 0.2) is 91.0 Å². The summed E-state index contributed by atoms with van der Waals surface area (Å²) in [5.41, 5.74) is 3.50. The molecule has 0 N–H and O–H groups in total. The third-order valence-electron chi connectivity index (χ3n) is 6.63. The summed E-state index contributed by atoms with van der Waals surface area (Å²) in [5.74, 6) is 0.978. The lowest BCUT2D eigenvalue weighted by molar-refractivity contribution is -0.156. The highest BCUT2D eigenvalue weighted by molar-refractivity contribution is 6.35. The van der Waals surface area contributed by atoms with Crippen molar-refractivity contribution in [3.8, 4) is 28.4 Å². The third kappa shape index (κ3) is 14.1. The van der Waals surface area contributed by atoms with Gasteiger partial charge in [0.15, 0.2) is 0 Å². The molecule has 0 saturated carbocycles. The number of unbranched alkanes of at least 4 members (excludes halogenated alkanes) is 1. The average Bonchev–Trinajstić information content (AvgIpc) is 3.14. The molecule has 0 fully saturated rings. The minimum Gasteiger partial charge on any atom is -0.496 e. The van der Waals surface area contributed by atoms with Crippen LogP contribution >= 0.6 is 23.2 Å². The molecule has 4 aromatic rings. The second-order valence-corrected chi connectivity index (χ2v) is 10.7. The molecular weight excluding hydrogens is 671 g/mol. The maximum atomic E-state index is 12.9. The molecule has 0 saturated heterocycles. The summed E-state index contributed by atoms with van der Waals surface area (Å²) in [4.78, 5) is 35.1. The quantitative estimate of drug-likeness (QED) is 0.0718. The van der Waals surface area contributed by atoms with Crippen LogP contribution in [0.5, 0.6) is 17.2 Å². The van der Waals surface area contributed by atoms with Crippen LogP contribution in [-0.2, 0) is 36.8 Å². The summed E-state index contributed by atoms with van der Waals surface area (Å²) in [6, 6.07) is 27.8. The van der Waals surface area contributed by atoms with Gasteiger partial charge in [-0.15, -0.1) is 0 Å². The standard InChI is InChI=1S/C29H30O8.C7H6Cl2O.C2H6/c1-33-26-19-25(35-17-7-6-16-30)15-14-24(26)20-36-28(31)27(37-29(32)34-2)18-21-10-12-23(13-11-21)22-8-4-3-5-9-22;1-10-7-3-2-5(8)4-6(7)9;1-2/h3-5,8-16,19,27H,6-7,17-18,20H2,1-2H3;2-4H,1H3;1-2H3. The minimum absolute atomic E-state index is 0.0958. The van der Waals surface area contributed by atoms with Gasteiger partial charge in [0.1, 0.15) is 30.1 Å². The van der Waals surface area contributed by atoms with Crippen molar-refractivity contribution in [1.29, 1.82) is 0 Å². The summed E-state index contributed by atoms with van der Waals surface area (Å²) < 4.78 is 31.2. The van der Waals surface area contributed by atoms with E-state index in [0.29, 0.717) is 52.3 Å². The molecule has 0 aliphatic heterocycles. The van der Waals surface area contributed by atoms with Gasteiger partial charge in [0.05, 0.1) is 33.0 Å². The van der Waals surface area contributed by atoms with Crippen LogP contribution in [0.2, 0.25) is 10.0 Å². The number of hydrogen-bond acceptors (Lipinski definition) is 9. The van der Waals surface area contributed by atoms with E-state index in [0.717, 1.165) is 23.0 Å². The van der Waals surface area contributed by atoms with E-state index in [4.69, 9.17) is 46.9 Å². The van der Waals surface area contributed by atoms with E-state index in [1.807, 2.05) is 68.4 Å². The van der Waals surface area contributed by atoms with Gasteiger partial charge in [-0.1, -0.05) is 91.6 Å². The van der Waals surface area contributed by atoms with E-state index in [2.05, 4.69) is 4.74 Å². The molecule has 0 aliphatic carbocycles. The van der Waals surface area contributed by atoms with Crippen molar-refractivity contribution in [2.45, 2.75) is 45.8 Å². The van der Waals surface area contributed by atoms with Crippen molar-refractivity contribution < 1.29 is 42.8 Å². The summed E-state index contributed by atoms with van der Waals surface area (Å²) in [5, 5.41) is 1.15. The van der Waals surface area contributed by atoms with Crippen molar-refractivity contribution in [2.24, 2.45) is 0 Å². The van der Waals surface area contributed by atoms with Gasteiger partial charge in [-0.3, -0.25) is 0 Å². The number of esters is 1. The van der Waals surface area contributed by atoms with Crippen molar-refractivity contribution >= 4 is 41.6 Å². The Morgan fingerprint density at radius 2 is 1.47 bits per heavy atom. The highest BCUT2D eigenvalue weighted by Crippen LogP contribution is 2.27. The maximum Gasteiger partial charge on any atom is 0.508 e. The van der Waals surface area contributed by atoms with Gasteiger partial charge in [-0.05, 0) is 53.4 Å². The first kappa shape index (κ1) is 40.4. The number of rotatable bonds is 14. The number of aldehydes is 1. The van der Waals surface area contributed by atoms with Gasteiger partial charge in [-0.25, -0.2) is 9.59 Å². The third-order valence-corrected chi connectivity index (χ3v) is 7.16. The number of halogens is 2. The van der Waals surface area contributed by atoms with Crippen LogP contribution in [0, 0.1) is 0 Å². The molecular formula is C38H42Cl2O9. The molecule has 4 aromatic carbocycles. The van der Waals surface area contributed by atoms with Gasteiger partial charge in [0.2, 0.25) is 6.10 Å². The summed E-state index contributed by atoms with van der Waals surface area (Å²) in [6.45, 7) is 4.30. The Bertz CT molecular complexity index is 1580. The lowest BCUT2D eigenvalue weighted by Gasteiger charge is -2.17. The van der Waals surface area contributed by atoms with Crippen LogP contribution in [0.4, 0.5) is 4.79 Å². The van der Waals surface area contributed by atoms with E-state index in [1.54, 1.807) is 43.5 Å². The molecule has 262 valence electrons. The molecule has 0 bridgehead atoms. The highest BCUT2D eigenvalue weighted by atomic mass is 35.5. The van der Waals surface area contributed by atoms with Gasteiger partial charge < -0.3 is 33.2 Å². The van der Waals surface area contributed by atoms with E-state index in [1.165, 1.54) is 14.2 Å². The van der Waals surface area contributed by atoms with Gasteiger partial charge in [0, 0.05) is 29.5 Å². The van der Waals surface area contributed by atoms with Crippen LogP contribution in [-0.4, -0.2) is 52.5 Å². The van der Waals surface area contributed by atoms with Crippen LogP contribution < -0.4 is 14.2 Å². The zero-order valence-electron chi connectivity index (χ0n) is 28.3. The number of carbonyl (C=O) groups is 3. The molecule has 9 nitrogen and oxygen atoms in total. The molecule has 0 aromatic heterocycles. The van der Waals surface area contributed by atoms with Crippen LogP contribution in [0.3, 0.4) is 0 Å². The highest BCUT2D eigenvalue weighted by Gasteiger charge is 2.26. The zero-order chi connectivity index (χ0) is 36.0. The SMILES string of the molecule is CC.COC(=O)OC(Cc1ccc(-c2ccccc2)cc1)C(=O)OCc1ccc(OCCCC=O)cc1OC.COc1ccc(Cl)cc1Cl. The predicted octanol–water partition coefficient (Wildman–Crippen LogP) is 9.19. The number of carbonyl (C=O) groups excluding carboxylic acids is 3. The molecule has 49 heavy (non-hydrogen) atoms. The minimum atomic E-state index is -1.19. The molecule has 0 aliphatic rings. The Morgan fingerprint density at radius 1 is 0.796 bits per heavy atom. The Balaban J connectivity index is 0.000000588. The molecule has 0 amide bonds. The fraction of sp³-hybridized carbons (Fsp3) is 0.289. The van der Waals surface area contributed by atoms with E-state index < -0.39 is 18.2 Å². The Morgan fingerprint density at radius 3 is 2.08 bits per heavy atom. The number of ether oxygens (including phenoxy) is 6. The van der Waals surface area contributed by atoms with E-state index >= 15 is 0 Å². The lowest BCUT2D eigenvalue weighted by atomic mass is 10.0. The lowest BCUT2D eigenvalue weighted by Crippen LogP contribution is -2.31. The molecule has 1 atom stereocenters. The molecule has 11 heteroatoms. The predicted molar refractivity (Wildman–Crippen MR) is 191 cm³/mol. The first-order chi connectivity index (χ1) is 23.8. The van der Waals surface area contributed by atoms with Crippen molar-refractivity contribution in [1.82, 2.24) is 0 Å². The van der Waals surface area contributed by atoms with Crippen LogP contribution in [0.1, 0.15) is 37.8 Å². The first-order valence-electron chi connectivity index (χ1n) is 15.6. The van der Waals surface area contributed by atoms with Crippen LogP contribution in [0.25, 0.3) is 11.1 Å². The summed E-state index contributed by atoms with van der Waals surface area (Å²) in [7, 11) is 4.24. The van der Waals surface area contributed by atoms with Gasteiger partial charge in [-0.2, -0.15) is 0 Å². The zero-order valence-corrected chi connectivity index (χ0v) is 29.8. The molecule has 0 spiro atoms. The molecule has 1 unspecified atom stereocenters. The topological polar surface area (TPSA) is 107 Å².